The van der Waals surface area contributed by atoms with E-state index in [0.717, 1.165) is 12.1 Å². The normalized spacial score (nSPS) is 12.7. The maximum atomic E-state index is 13.5. The molecule has 1 aromatic heterocycles. The molecule has 0 aliphatic rings. The summed E-state index contributed by atoms with van der Waals surface area (Å²) in [5.74, 6) is -1.57. The number of nitrogens with zero attached hydrogens (tertiary/aromatic N) is 1. The minimum atomic E-state index is -1.67. The number of rotatable bonds is 3. The van der Waals surface area contributed by atoms with Gasteiger partial charge in [0.05, 0.1) is 5.75 Å². The number of halogens is 2. The molecule has 1 atom stereocenters. The second-order valence-electron chi connectivity index (χ2n) is 4.43. The van der Waals surface area contributed by atoms with Gasteiger partial charge in [0.2, 0.25) is 0 Å². The van der Waals surface area contributed by atoms with E-state index in [1.165, 1.54) is 6.07 Å². The highest BCUT2D eigenvalue weighted by atomic mass is 32.2. The van der Waals surface area contributed by atoms with Crippen LogP contribution in [-0.4, -0.2) is 9.19 Å². The van der Waals surface area contributed by atoms with Crippen LogP contribution in [0.2, 0.25) is 0 Å². The van der Waals surface area contributed by atoms with Gasteiger partial charge in [0.1, 0.15) is 28.0 Å². The molecule has 0 spiro atoms. The number of benzene rings is 2. The van der Waals surface area contributed by atoms with Gasteiger partial charge in [-0.05, 0) is 24.3 Å². The second-order valence-corrected chi connectivity index (χ2v) is 5.76. The van der Waals surface area contributed by atoms with E-state index in [1.54, 1.807) is 18.2 Å². The molecule has 0 aliphatic heterocycles. The number of hydrogen-bond acceptors (Lipinski definition) is 4. The van der Waals surface area contributed by atoms with Gasteiger partial charge in [-0.25, -0.2) is 18.0 Å². The van der Waals surface area contributed by atoms with E-state index in [-0.39, 0.29) is 16.5 Å². The molecule has 0 saturated heterocycles. The lowest BCUT2D eigenvalue weighted by Crippen LogP contribution is -1.99. The molecular weight excluding hydrogens is 298 g/mol. The van der Waals surface area contributed by atoms with Crippen LogP contribution in [0, 0.1) is 11.6 Å². The van der Waals surface area contributed by atoms with E-state index in [4.69, 9.17) is 10.2 Å². The van der Waals surface area contributed by atoms with E-state index in [2.05, 4.69) is 4.98 Å². The first-order valence-electron chi connectivity index (χ1n) is 6.01. The van der Waals surface area contributed by atoms with Gasteiger partial charge in [-0.3, -0.25) is 0 Å². The monoisotopic (exact) mass is 308 g/mol. The number of aromatic nitrogens is 1. The lowest BCUT2D eigenvalue weighted by molar-refractivity contribution is 0.477. The van der Waals surface area contributed by atoms with Gasteiger partial charge < -0.3 is 10.2 Å². The van der Waals surface area contributed by atoms with Crippen LogP contribution in [0.4, 0.5) is 14.5 Å². The third-order valence-electron chi connectivity index (χ3n) is 2.89. The molecule has 3 rings (SSSR count). The van der Waals surface area contributed by atoms with Crippen molar-refractivity contribution in [2.75, 3.05) is 5.73 Å². The van der Waals surface area contributed by atoms with E-state index in [0.29, 0.717) is 16.8 Å². The van der Waals surface area contributed by atoms with Gasteiger partial charge in [-0.15, -0.1) is 0 Å². The molecule has 0 aliphatic carbocycles. The minimum absolute atomic E-state index is 0.0145. The van der Waals surface area contributed by atoms with Crippen LogP contribution in [0.15, 0.2) is 46.0 Å². The summed E-state index contributed by atoms with van der Waals surface area (Å²) >= 11 is 0. The van der Waals surface area contributed by atoms with Gasteiger partial charge in [0.25, 0.3) is 5.22 Å². The van der Waals surface area contributed by atoms with Crippen LogP contribution in [0.25, 0.3) is 11.1 Å². The molecule has 0 fully saturated rings. The van der Waals surface area contributed by atoms with E-state index >= 15 is 0 Å². The predicted molar refractivity (Wildman–Crippen MR) is 74.9 cm³/mol. The van der Waals surface area contributed by atoms with Gasteiger partial charge in [0, 0.05) is 17.3 Å². The molecule has 2 N–H and O–H groups in total. The van der Waals surface area contributed by atoms with E-state index < -0.39 is 22.4 Å². The molecule has 0 bridgehead atoms. The molecule has 0 saturated carbocycles. The van der Waals surface area contributed by atoms with Gasteiger partial charge >= 0.3 is 0 Å². The smallest absolute Gasteiger partial charge is 0.288 e. The SMILES string of the molecule is Nc1ccc2oc(S(=O)Cc3ccc(F)cc3F)nc2c1. The molecule has 108 valence electrons. The summed E-state index contributed by atoms with van der Waals surface area (Å²) in [4.78, 5) is 4.07. The number of nitrogen functional groups attached to an aromatic ring is 1. The Morgan fingerprint density at radius 1 is 1.19 bits per heavy atom. The molecule has 7 heteroatoms. The average molecular weight is 308 g/mol. The first-order valence-corrected chi connectivity index (χ1v) is 7.33. The average Bonchev–Trinajstić information content (AvgIpc) is 2.85. The fourth-order valence-electron chi connectivity index (χ4n) is 1.86. The molecule has 1 heterocycles. The number of hydrogen-bond donors (Lipinski definition) is 1. The first kappa shape index (κ1) is 13.7. The summed E-state index contributed by atoms with van der Waals surface area (Å²) in [5, 5.41) is -0.0145. The van der Waals surface area contributed by atoms with Crippen molar-refractivity contribution >= 4 is 27.6 Å². The van der Waals surface area contributed by atoms with Crippen molar-refractivity contribution in [2.24, 2.45) is 0 Å². The van der Waals surface area contributed by atoms with E-state index in [9.17, 15) is 13.0 Å². The summed E-state index contributed by atoms with van der Waals surface area (Å²) in [6.45, 7) is 0. The summed E-state index contributed by atoms with van der Waals surface area (Å²) in [6.07, 6.45) is 0. The topological polar surface area (TPSA) is 69.1 Å². The van der Waals surface area contributed by atoms with Crippen molar-refractivity contribution in [3.8, 4) is 0 Å². The zero-order valence-corrected chi connectivity index (χ0v) is 11.5. The number of anilines is 1. The van der Waals surface area contributed by atoms with Crippen molar-refractivity contribution in [3.05, 3.63) is 53.6 Å². The highest BCUT2D eigenvalue weighted by molar-refractivity contribution is 7.84. The van der Waals surface area contributed by atoms with Crippen LogP contribution < -0.4 is 5.73 Å². The standard InChI is InChI=1S/C14H10F2N2O2S/c15-9-2-1-8(11(16)5-9)7-21(19)14-18-12-6-10(17)3-4-13(12)20-14/h1-6H,7,17H2. The highest BCUT2D eigenvalue weighted by Crippen LogP contribution is 2.22. The molecule has 0 amide bonds. The number of nitrogens with two attached hydrogens (primary N) is 1. The molecule has 4 nitrogen and oxygen atoms in total. The maximum Gasteiger partial charge on any atom is 0.288 e. The molecule has 3 aromatic rings. The van der Waals surface area contributed by atoms with Crippen LogP contribution in [-0.2, 0) is 16.6 Å². The first-order chi connectivity index (χ1) is 10.0. The van der Waals surface area contributed by atoms with Gasteiger partial charge in [0.15, 0.2) is 5.58 Å². The third kappa shape index (κ3) is 2.78. The lowest BCUT2D eigenvalue weighted by atomic mass is 10.2. The zero-order valence-electron chi connectivity index (χ0n) is 10.7. The van der Waals surface area contributed by atoms with Crippen molar-refractivity contribution in [2.45, 2.75) is 11.0 Å². The second kappa shape index (κ2) is 5.25. The maximum absolute atomic E-state index is 13.5. The lowest BCUT2D eigenvalue weighted by Gasteiger charge is -2.01. The Labute approximate surface area is 121 Å². The largest absolute Gasteiger partial charge is 0.430 e. The Kier molecular flexibility index (Phi) is 3.42. The number of oxazole rings is 1. The summed E-state index contributed by atoms with van der Waals surface area (Å²) in [5.41, 5.74) is 7.21. The van der Waals surface area contributed by atoms with Crippen LogP contribution in [0.5, 0.6) is 0 Å². The van der Waals surface area contributed by atoms with Crippen molar-refractivity contribution < 1.29 is 17.4 Å². The quantitative estimate of drug-likeness (QED) is 0.755. The molecular formula is C14H10F2N2O2S. The van der Waals surface area contributed by atoms with Crippen LogP contribution >= 0.6 is 0 Å². The zero-order chi connectivity index (χ0) is 15.0. The Bertz CT molecular complexity index is 848. The fourth-order valence-corrected chi connectivity index (χ4v) is 2.89. The predicted octanol–water partition coefficient (Wildman–Crippen LogP) is 3.00. The summed E-state index contributed by atoms with van der Waals surface area (Å²) in [6, 6.07) is 7.97. The minimum Gasteiger partial charge on any atom is -0.430 e. The van der Waals surface area contributed by atoms with Crippen molar-refractivity contribution in [1.82, 2.24) is 4.98 Å². The Morgan fingerprint density at radius 2 is 2.00 bits per heavy atom. The Hall–Kier alpha value is -2.28. The summed E-state index contributed by atoms with van der Waals surface area (Å²) < 4.78 is 43.9. The fraction of sp³-hybridized carbons (Fsp3) is 0.0714. The molecule has 1 unspecified atom stereocenters. The summed E-state index contributed by atoms with van der Waals surface area (Å²) in [7, 11) is -1.67. The van der Waals surface area contributed by atoms with Crippen LogP contribution in [0.1, 0.15) is 5.56 Å². The van der Waals surface area contributed by atoms with Gasteiger partial charge in [-0.2, -0.15) is 0 Å². The molecule has 2 aromatic carbocycles. The molecule has 0 radical (unpaired) electrons. The van der Waals surface area contributed by atoms with Crippen molar-refractivity contribution in [1.29, 1.82) is 0 Å². The van der Waals surface area contributed by atoms with Gasteiger partial charge in [-0.1, -0.05) is 6.07 Å². The van der Waals surface area contributed by atoms with E-state index in [1.807, 2.05) is 0 Å². The number of fused-ring (bicyclic) bond motifs is 1. The van der Waals surface area contributed by atoms with Crippen molar-refractivity contribution in [3.63, 3.8) is 0 Å². The Balaban J connectivity index is 1.89. The Morgan fingerprint density at radius 3 is 2.76 bits per heavy atom. The molecule has 21 heavy (non-hydrogen) atoms. The van der Waals surface area contributed by atoms with Crippen LogP contribution in [0.3, 0.4) is 0 Å². The highest BCUT2D eigenvalue weighted by Gasteiger charge is 2.16. The third-order valence-corrected chi connectivity index (χ3v) is 4.03.